The molecule has 0 unspecified atom stereocenters. The zero-order chi connectivity index (χ0) is 9.97. The molecule has 0 radical (unpaired) electrons. The topological polar surface area (TPSA) is 74.4 Å². The number of rotatable bonds is 3. The molecule has 0 saturated heterocycles. The summed E-state index contributed by atoms with van der Waals surface area (Å²) in [6, 6.07) is 0. The molecule has 2 N–H and O–H groups in total. The molecule has 0 spiro atoms. The van der Waals surface area contributed by atoms with Crippen LogP contribution in [0, 0.1) is 0 Å². The fraction of sp³-hybridized carbons (Fsp3) is 0.444. The highest BCUT2D eigenvalue weighted by Gasteiger charge is 2.08. The van der Waals surface area contributed by atoms with Gasteiger partial charge in [0, 0.05) is 0 Å². The highest BCUT2D eigenvalue weighted by Crippen LogP contribution is 2.10. The second kappa shape index (κ2) is 3.61. The first kappa shape index (κ1) is 8.93. The number of hydrogen-bond donors (Lipinski definition) is 2. The van der Waals surface area contributed by atoms with Crippen LogP contribution in [0.4, 0.5) is 0 Å². The first-order valence-corrected chi connectivity index (χ1v) is 4.73. The molecule has 2 heterocycles. The average molecular weight is 192 g/mol. The standard InChI is InChI=1S/C9H12N4O/c1-2-3-4-6-7-8(13-12-6)10-5-11-9(7)14/h5H,2-4H2,1H3,(H2,10,11,12,13,14). The van der Waals surface area contributed by atoms with Gasteiger partial charge in [-0.25, -0.2) is 4.98 Å². The van der Waals surface area contributed by atoms with Gasteiger partial charge in [-0.3, -0.25) is 9.89 Å². The molecular formula is C9H12N4O. The molecule has 0 aliphatic carbocycles. The van der Waals surface area contributed by atoms with E-state index in [-0.39, 0.29) is 5.56 Å². The number of nitrogens with one attached hydrogen (secondary N) is 2. The third-order valence-electron chi connectivity index (χ3n) is 2.21. The number of nitrogens with zero attached hydrogens (tertiary/aromatic N) is 2. The fourth-order valence-corrected chi connectivity index (χ4v) is 1.46. The van der Waals surface area contributed by atoms with E-state index in [1.807, 2.05) is 0 Å². The summed E-state index contributed by atoms with van der Waals surface area (Å²) < 4.78 is 0. The molecule has 5 heteroatoms. The van der Waals surface area contributed by atoms with Crippen molar-refractivity contribution in [3.63, 3.8) is 0 Å². The van der Waals surface area contributed by atoms with Crippen molar-refractivity contribution in [3.05, 3.63) is 22.4 Å². The third-order valence-corrected chi connectivity index (χ3v) is 2.21. The lowest BCUT2D eigenvalue weighted by Gasteiger charge is -1.94. The number of unbranched alkanes of at least 4 members (excludes halogenated alkanes) is 1. The van der Waals surface area contributed by atoms with E-state index in [4.69, 9.17) is 0 Å². The molecule has 14 heavy (non-hydrogen) atoms. The molecule has 5 nitrogen and oxygen atoms in total. The van der Waals surface area contributed by atoms with Crippen molar-refractivity contribution in [2.45, 2.75) is 26.2 Å². The Labute approximate surface area is 80.6 Å². The van der Waals surface area contributed by atoms with Crippen molar-refractivity contribution in [1.82, 2.24) is 20.2 Å². The maximum absolute atomic E-state index is 11.5. The third kappa shape index (κ3) is 1.41. The Balaban J connectivity index is 2.50. The van der Waals surface area contributed by atoms with E-state index >= 15 is 0 Å². The zero-order valence-electron chi connectivity index (χ0n) is 8.00. The van der Waals surface area contributed by atoms with Crippen LogP contribution in [-0.2, 0) is 6.42 Å². The molecule has 2 aromatic heterocycles. The van der Waals surface area contributed by atoms with Crippen LogP contribution in [0.15, 0.2) is 11.1 Å². The molecule has 0 fully saturated rings. The Hall–Kier alpha value is -1.65. The predicted molar refractivity (Wildman–Crippen MR) is 53.1 cm³/mol. The van der Waals surface area contributed by atoms with Crippen LogP contribution in [-0.4, -0.2) is 20.2 Å². The van der Waals surface area contributed by atoms with Crippen molar-refractivity contribution < 1.29 is 0 Å². The van der Waals surface area contributed by atoms with Crippen molar-refractivity contribution in [1.29, 1.82) is 0 Å². The van der Waals surface area contributed by atoms with E-state index in [0.29, 0.717) is 11.0 Å². The molecule has 0 atom stereocenters. The lowest BCUT2D eigenvalue weighted by molar-refractivity contribution is 0.775. The van der Waals surface area contributed by atoms with Crippen molar-refractivity contribution >= 4 is 11.0 Å². The van der Waals surface area contributed by atoms with E-state index in [1.165, 1.54) is 6.33 Å². The number of aromatic amines is 2. The number of fused-ring (bicyclic) bond motifs is 1. The van der Waals surface area contributed by atoms with Crippen molar-refractivity contribution in [2.75, 3.05) is 0 Å². The first-order valence-electron chi connectivity index (χ1n) is 4.73. The monoisotopic (exact) mass is 192 g/mol. The molecular weight excluding hydrogens is 180 g/mol. The van der Waals surface area contributed by atoms with E-state index in [2.05, 4.69) is 27.1 Å². The fourth-order valence-electron chi connectivity index (χ4n) is 1.46. The van der Waals surface area contributed by atoms with E-state index in [9.17, 15) is 4.79 Å². The summed E-state index contributed by atoms with van der Waals surface area (Å²) >= 11 is 0. The quantitative estimate of drug-likeness (QED) is 0.761. The minimum Gasteiger partial charge on any atom is -0.312 e. The second-order valence-electron chi connectivity index (χ2n) is 3.24. The van der Waals surface area contributed by atoms with Crippen LogP contribution in [0.5, 0.6) is 0 Å². The number of aromatic nitrogens is 4. The van der Waals surface area contributed by atoms with Crippen LogP contribution >= 0.6 is 0 Å². The molecule has 0 aliphatic rings. The summed E-state index contributed by atoms with van der Waals surface area (Å²) in [7, 11) is 0. The first-order chi connectivity index (χ1) is 6.83. The molecule has 0 saturated carbocycles. The van der Waals surface area contributed by atoms with Gasteiger partial charge in [0.1, 0.15) is 5.39 Å². The van der Waals surface area contributed by atoms with Gasteiger partial charge < -0.3 is 4.98 Å². The lowest BCUT2D eigenvalue weighted by atomic mass is 10.1. The Morgan fingerprint density at radius 2 is 2.36 bits per heavy atom. The molecule has 0 amide bonds. The van der Waals surface area contributed by atoms with Gasteiger partial charge in [-0.1, -0.05) is 13.3 Å². The summed E-state index contributed by atoms with van der Waals surface area (Å²) in [6.07, 6.45) is 4.36. The van der Waals surface area contributed by atoms with Crippen LogP contribution < -0.4 is 5.56 Å². The highest BCUT2D eigenvalue weighted by atomic mass is 16.1. The zero-order valence-corrected chi connectivity index (χ0v) is 8.00. The minimum atomic E-state index is -0.116. The van der Waals surface area contributed by atoms with Gasteiger partial charge in [-0.05, 0) is 12.8 Å². The normalized spacial score (nSPS) is 10.9. The highest BCUT2D eigenvalue weighted by molar-refractivity contribution is 5.76. The molecule has 2 aromatic rings. The van der Waals surface area contributed by atoms with Crippen LogP contribution in [0.1, 0.15) is 25.5 Å². The molecule has 2 rings (SSSR count). The van der Waals surface area contributed by atoms with E-state index in [0.717, 1.165) is 25.0 Å². The Kier molecular flexibility index (Phi) is 2.30. The van der Waals surface area contributed by atoms with Gasteiger partial charge in [-0.15, -0.1) is 0 Å². The van der Waals surface area contributed by atoms with Crippen molar-refractivity contribution in [3.8, 4) is 0 Å². The van der Waals surface area contributed by atoms with Crippen LogP contribution in [0.3, 0.4) is 0 Å². The smallest absolute Gasteiger partial charge is 0.262 e. The summed E-state index contributed by atoms with van der Waals surface area (Å²) in [5.74, 6) is 0. The van der Waals surface area contributed by atoms with Crippen LogP contribution in [0.25, 0.3) is 11.0 Å². The van der Waals surface area contributed by atoms with Gasteiger partial charge in [-0.2, -0.15) is 5.10 Å². The molecule has 0 aromatic carbocycles. The Morgan fingerprint density at radius 1 is 1.50 bits per heavy atom. The molecule has 74 valence electrons. The summed E-state index contributed by atoms with van der Waals surface area (Å²) in [5, 5.41) is 7.43. The van der Waals surface area contributed by atoms with Crippen molar-refractivity contribution in [2.24, 2.45) is 0 Å². The maximum atomic E-state index is 11.5. The van der Waals surface area contributed by atoms with Gasteiger partial charge in [0.15, 0.2) is 5.65 Å². The second-order valence-corrected chi connectivity index (χ2v) is 3.24. The average Bonchev–Trinajstić information content (AvgIpc) is 2.59. The van der Waals surface area contributed by atoms with E-state index < -0.39 is 0 Å². The van der Waals surface area contributed by atoms with Gasteiger partial charge in [0.25, 0.3) is 5.56 Å². The van der Waals surface area contributed by atoms with E-state index in [1.54, 1.807) is 0 Å². The number of aryl methyl sites for hydroxylation is 1. The largest absolute Gasteiger partial charge is 0.312 e. The summed E-state index contributed by atoms with van der Waals surface area (Å²) in [6.45, 7) is 2.11. The van der Waals surface area contributed by atoms with Crippen LogP contribution in [0.2, 0.25) is 0 Å². The summed E-state index contributed by atoms with van der Waals surface area (Å²) in [4.78, 5) is 18.0. The Morgan fingerprint density at radius 3 is 3.14 bits per heavy atom. The van der Waals surface area contributed by atoms with Gasteiger partial charge in [0.05, 0.1) is 12.0 Å². The van der Waals surface area contributed by atoms with Gasteiger partial charge in [0.2, 0.25) is 0 Å². The van der Waals surface area contributed by atoms with Gasteiger partial charge >= 0.3 is 0 Å². The number of hydrogen-bond acceptors (Lipinski definition) is 3. The number of H-pyrrole nitrogens is 2. The molecule has 0 aliphatic heterocycles. The predicted octanol–water partition coefficient (Wildman–Crippen LogP) is 0.989. The molecule has 0 bridgehead atoms. The lowest BCUT2D eigenvalue weighted by Crippen LogP contribution is -2.06. The summed E-state index contributed by atoms with van der Waals surface area (Å²) in [5.41, 5.74) is 1.27. The SMILES string of the molecule is CCCCc1[nH]nc2nc[nH]c(=O)c12. The maximum Gasteiger partial charge on any atom is 0.262 e. The minimum absolute atomic E-state index is 0.116. The Bertz CT molecular complexity index is 485.